The lowest BCUT2D eigenvalue weighted by molar-refractivity contribution is -0.137. The van der Waals surface area contributed by atoms with Crippen molar-refractivity contribution in [1.82, 2.24) is 5.32 Å². The fourth-order valence-electron chi connectivity index (χ4n) is 5.14. The van der Waals surface area contributed by atoms with Gasteiger partial charge >= 0.3 is 6.18 Å². The zero-order valence-corrected chi connectivity index (χ0v) is 26.5. The van der Waals surface area contributed by atoms with Crippen LogP contribution in [0.15, 0.2) is 108 Å². The van der Waals surface area contributed by atoms with Crippen LogP contribution in [0.4, 0.5) is 13.2 Å². The Morgan fingerprint density at radius 2 is 1.77 bits per heavy atom. The van der Waals surface area contributed by atoms with E-state index in [-0.39, 0.29) is 36.1 Å². The number of ether oxygens (including phenoxy) is 2. The summed E-state index contributed by atoms with van der Waals surface area (Å²) in [5, 5.41) is 12.5. The zero-order valence-electron chi connectivity index (χ0n) is 25.0. The van der Waals surface area contributed by atoms with Crippen LogP contribution in [0.1, 0.15) is 46.8 Å². The number of carbonyl (C=O) groups excluding carboxylic acids is 1. The first-order valence-corrected chi connectivity index (χ1v) is 15.6. The van der Waals surface area contributed by atoms with Crippen molar-refractivity contribution in [2.24, 2.45) is 4.99 Å². The van der Waals surface area contributed by atoms with Crippen molar-refractivity contribution in [3.8, 4) is 5.75 Å². The third-order valence-corrected chi connectivity index (χ3v) is 8.08. The van der Waals surface area contributed by atoms with E-state index in [0.717, 1.165) is 17.7 Å². The van der Waals surface area contributed by atoms with Crippen LogP contribution in [0, 0.1) is 0 Å². The number of nitrogens with zero attached hydrogens (tertiary/aromatic N) is 1. The second kappa shape index (κ2) is 15.1. The molecule has 1 aliphatic rings. The number of aliphatic hydroxyl groups excluding tert-OH is 1. The van der Waals surface area contributed by atoms with Crippen LogP contribution in [0.5, 0.6) is 5.75 Å². The number of aliphatic hydroxyl groups is 1. The molecule has 2 N–H and O–H groups in total. The van der Waals surface area contributed by atoms with E-state index < -0.39 is 29.3 Å². The van der Waals surface area contributed by atoms with Crippen LogP contribution in [0.25, 0.3) is 6.08 Å². The Bertz CT molecular complexity index is 1750. The minimum Gasteiger partial charge on any atom is -0.494 e. The van der Waals surface area contributed by atoms with E-state index in [1.807, 2.05) is 42.5 Å². The van der Waals surface area contributed by atoms with Gasteiger partial charge in [-0.2, -0.15) is 13.2 Å². The summed E-state index contributed by atoms with van der Waals surface area (Å²) in [5.41, 5.74) is -0.243. The molecule has 244 valence electrons. The van der Waals surface area contributed by atoms with Crippen molar-refractivity contribution in [2.45, 2.75) is 37.2 Å². The van der Waals surface area contributed by atoms with Crippen molar-refractivity contribution in [2.75, 3.05) is 13.2 Å². The first kappa shape index (κ1) is 34.0. The summed E-state index contributed by atoms with van der Waals surface area (Å²) >= 11 is 12.9. The van der Waals surface area contributed by atoms with Gasteiger partial charge in [-0.3, -0.25) is 4.79 Å². The summed E-state index contributed by atoms with van der Waals surface area (Å²) in [6, 6.07) is 26.1. The smallest absolute Gasteiger partial charge is 0.416 e. The maximum atomic E-state index is 14.3. The van der Waals surface area contributed by atoms with Gasteiger partial charge in [0.1, 0.15) is 5.75 Å². The van der Waals surface area contributed by atoms with E-state index in [1.54, 1.807) is 42.5 Å². The van der Waals surface area contributed by atoms with Gasteiger partial charge < -0.3 is 19.9 Å². The molecule has 0 radical (unpaired) electrons. The molecule has 2 atom stereocenters. The number of hydrogen-bond acceptors (Lipinski definition) is 5. The Kier molecular flexibility index (Phi) is 10.9. The van der Waals surface area contributed by atoms with Crippen LogP contribution in [-0.2, 0) is 22.3 Å². The monoisotopic (exact) mass is 682 g/mol. The van der Waals surface area contributed by atoms with E-state index >= 15 is 0 Å². The number of alkyl halides is 3. The van der Waals surface area contributed by atoms with Crippen molar-refractivity contribution in [3.63, 3.8) is 0 Å². The van der Waals surface area contributed by atoms with Crippen LogP contribution in [0.3, 0.4) is 0 Å². The molecule has 4 aromatic carbocycles. The summed E-state index contributed by atoms with van der Waals surface area (Å²) in [6.07, 6.45) is -1.35. The highest BCUT2D eigenvalue weighted by Gasteiger charge is 2.53. The molecule has 1 amide bonds. The summed E-state index contributed by atoms with van der Waals surface area (Å²) in [4.78, 5) is 19.2. The highest BCUT2D eigenvalue weighted by atomic mass is 35.5. The molecule has 0 spiro atoms. The van der Waals surface area contributed by atoms with Crippen LogP contribution in [-0.4, -0.2) is 35.7 Å². The summed E-state index contributed by atoms with van der Waals surface area (Å²) in [7, 11) is 0. The number of benzene rings is 4. The second-order valence-electron chi connectivity index (χ2n) is 10.9. The summed E-state index contributed by atoms with van der Waals surface area (Å²) < 4.78 is 52.3. The van der Waals surface area contributed by atoms with Crippen molar-refractivity contribution >= 4 is 41.1 Å². The van der Waals surface area contributed by atoms with Gasteiger partial charge in [0.05, 0.1) is 12.2 Å². The predicted molar refractivity (Wildman–Crippen MR) is 177 cm³/mol. The van der Waals surface area contributed by atoms with Gasteiger partial charge in [-0.05, 0) is 59.7 Å². The molecule has 6 nitrogen and oxygen atoms in total. The average Bonchev–Trinajstić information content (AvgIpc) is 3.44. The highest BCUT2D eigenvalue weighted by Crippen LogP contribution is 2.45. The van der Waals surface area contributed by atoms with Crippen molar-refractivity contribution < 1.29 is 32.5 Å². The number of carbonyl (C=O) groups is 1. The van der Waals surface area contributed by atoms with Crippen LogP contribution >= 0.6 is 23.2 Å². The minimum absolute atomic E-state index is 0.00794. The number of hydrogen-bond donors (Lipinski definition) is 2. The molecule has 0 bridgehead atoms. The lowest BCUT2D eigenvalue weighted by Crippen LogP contribution is -2.47. The lowest BCUT2D eigenvalue weighted by atomic mass is 9.84. The number of rotatable bonds is 12. The maximum Gasteiger partial charge on any atom is 0.416 e. The molecule has 11 heteroatoms. The molecule has 1 aliphatic heterocycles. The fourth-order valence-corrected chi connectivity index (χ4v) is 5.65. The maximum absolute atomic E-state index is 14.3. The number of nitrogens with one attached hydrogen (secondary N) is 1. The summed E-state index contributed by atoms with van der Waals surface area (Å²) in [6.45, 7) is 0.167. The van der Waals surface area contributed by atoms with E-state index in [1.165, 1.54) is 12.1 Å². The number of halogens is 5. The fraction of sp³-hybridized carbons (Fsp3) is 0.222. The van der Waals surface area contributed by atoms with Gasteiger partial charge in [-0.15, -0.1) is 0 Å². The van der Waals surface area contributed by atoms with Crippen molar-refractivity contribution in [3.05, 3.63) is 141 Å². The molecule has 0 aromatic heterocycles. The molecule has 4 aromatic rings. The molecule has 0 aliphatic carbocycles. The number of aliphatic imine (C=N–C) groups is 1. The average molecular weight is 684 g/mol. The van der Waals surface area contributed by atoms with Gasteiger partial charge in [0.15, 0.2) is 11.6 Å². The Balaban J connectivity index is 1.54. The van der Waals surface area contributed by atoms with Crippen LogP contribution in [0.2, 0.25) is 10.0 Å². The molecular formula is C36H31Cl2F3N2O4. The molecule has 0 fully saturated rings. The Labute approximate surface area is 280 Å². The van der Waals surface area contributed by atoms with Gasteiger partial charge in [-0.25, -0.2) is 4.99 Å². The zero-order chi connectivity index (χ0) is 33.4. The van der Waals surface area contributed by atoms with Gasteiger partial charge in [0.25, 0.3) is 5.91 Å². The third-order valence-electron chi connectivity index (χ3n) is 7.52. The number of amides is 1. The first-order valence-electron chi connectivity index (χ1n) is 14.8. The Hall–Kier alpha value is -4.31. The Morgan fingerprint density at radius 1 is 1.00 bits per heavy atom. The van der Waals surface area contributed by atoms with Gasteiger partial charge in [0.2, 0.25) is 5.90 Å². The van der Waals surface area contributed by atoms with E-state index in [2.05, 4.69) is 5.32 Å². The van der Waals surface area contributed by atoms with Crippen molar-refractivity contribution in [1.29, 1.82) is 0 Å². The molecule has 0 unspecified atom stereocenters. The molecule has 0 saturated heterocycles. The highest BCUT2D eigenvalue weighted by molar-refractivity contribution is 6.35. The minimum atomic E-state index is -4.53. The topological polar surface area (TPSA) is 80.2 Å². The van der Waals surface area contributed by atoms with E-state index in [0.29, 0.717) is 34.9 Å². The van der Waals surface area contributed by atoms with Crippen LogP contribution < -0.4 is 10.1 Å². The standard InChI is InChI=1S/C36H31Cl2F3N2O4/c37-28-14-17-30(31(38)22-28)32-35(18-5-10-24-7-2-1-3-8-24,34(45)42-23-25-9-4-11-27(21-25)36(39,40)41)43-33(47-32)26-12-15-29(16-13-26)46-20-6-19-44/h1-5,7-17,21-22,32,44H,6,18-20,23H2,(H,42,45)/b10-5+/t32-,35-/m1/s1. The first-order chi connectivity index (χ1) is 22.6. The molecule has 0 saturated carbocycles. The van der Waals surface area contributed by atoms with Gasteiger partial charge in [-0.1, -0.05) is 83.9 Å². The van der Waals surface area contributed by atoms with E-state index in [4.69, 9.17) is 42.8 Å². The Morgan fingerprint density at radius 3 is 2.47 bits per heavy atom. The molecule has 47 heavy (non-hydrogen) atoms. The van der Waals surface area contributed by atoms with E-state index in [9.17, 15) is 18.0 Å². The predicted octanol–water partition coefficient (Wildman–Crippen LogP) is 8.45. The molecular weight excluding hydrogens is 652 g/mol. The normalized spacial score (nSPS) is 17.7. The lowest BCUT2D eigenvalue weighted by Gasteiger charge is -2.30. The quantitative estimate of drug-likeness (QED) is 0.147. The SMILES string of the molecule is O=C(NCc1cccc(C(F)(F)F)c1)[C@]1(C/C=C/c2ccccc2)N=C(c2ccc(OCCCO)cc2)O[C@@H]1c1ccc(Cl)cc1Cl. The molecule has 1 heterocycles. The summed E-state index contributed by atoms with van der Waals surface area (Å²) in [5.74, 6) is 0.182. The molecule has 5 rings (SSSR count). The third kappa shape index (κ3) is 8.35. The second-order valence-corrected chi connectivity index (χ2v) is 11.7. The van der Waals surface area contributed by atoms with Gasteiger partial charge in [0, 0.05) is 47.2 Å². The largest absolute Gasteiger partial charge is 0.494 e.